The van der Waals surface area contributed by atoms with Crippen LogP contribution in [-0.2, 0) is 23.9 Å². The predicted molar refractivity (Wildman–Crippen MR) is 119 cm³/mol. The number of nitrogens with one attached hydrogen (secondary N) is 1. The van der Waals surface area contributed by atoms with Gasteiger partial charge in [-0.1, -0.05) is 36.4 Å². The summed E-state index contributed by atoms with van der Waals surface area (Å²) in [6.45, 7) is 1.54. The SMILES string of the molecule is CCOC(=O)C1(C(=O)OCC)NC(=O)C(N(C(=O)c2ccccc2)c2ccccc2)C1(O)C(F)(F)F. The maximum Gasteiger partial charge on any atom is 0.423 e. The number of alkyl halides is 3. The van der Waals surface area contributed by atoms with Gasteiger partial charge in [-0.3, -0.25) is 14.5 Å². The van der Waals surface area contributed by atoms with Gasteiger partial charge in [-0.15, -0.1) is 0 Å². The molecule has 2 atom stereocenters. The van der Waals surface area contributed by atoms with Gasteiger partial charge in [-0.25, -0.2) is 9.59 Å². The van der Waals surface area contributed by atoms with Crippen LogP contribution < -0.4 is 10.2 Å². The van der Waals surface area contributed by atoms with E-state index in [1.807, 2.05) is 0 Å². The molecule has 1 heterocycles. The first kappa shape index (κ1) is 26.7. The molecule has 0 radical (unpaired) electrons. The van der Waals surface area contributed by atoms with Crippen LogP contribution in [0, 0.1) is 0 Å². The fourth-order valence-electron chi connectivity index (χ4n) is 4.08. The Labute approximate surface area is 203 Å². The third kappa shape index (κ3) is 4.06. The minimum atomic E-state index is -5.82. The number of anilines is 1. The summed E-state index contributed by atoms with van der Waals surface area (Å²) in [4.78, 5) is 53.0. The van der Waals surface area contributed by atoms with Crippen LogP contribution in [0.15, 0.2) is 60.7 Å². The number of nitrogens with zero attached hydrogens (tertiary/aromatic N) is 1. The van der Waals surface area contributed by atoms with Gasteiger partial charge in [0.05, 0.1) is 13.2 Å². The van der Waals surface area contributed by atoms with Crippen LogP contribution in [0.2, 0.25) is 0 Å². The van der Waals surface area contributed by atoms with Crippen molar-refractivity contribution in [3.05, 3.63) is 66.2 Å². The van der Waals surface area contributed by atoms with Gasteiger partial charge in [0.2, 0.25) is 11.5 Å². The Balaban J connectivity index is 2.35. The number of benzene rings is 2. The molecule has 1 aliphatic rings. The van der Waals surface area contributed by atoms with Gasteiger partial charge in [-0.2, -0.15) is 13.2 Å². The van der Waals surface area contributed by atoms with E-state index in [9.17, 15) is 37.5 Å². The molecular weight excluding hydrogens is 485 g/mol. The molecule has 1 saturated heterocycles. The van der Waals surface area contributed by atoms with Crippen LogP contribution in [0.1, 0.15) is 24.2 Å². The Bertz CT molecular complexity index is 1120. The number of ether oxygens (including phenoxy) is 2. The minimum Gasteiger partial charge on any atom is -0.464 e. The molecule has 0 aliphatic carbocycles. The summed E-state index contributed by atoms with van der Waals surface area (Å²) in [5, 5.41) is 13.1. The quantitative estimate of drug-likeness (QED) is 0.433. The van der Waals surface area contributed by atoms with E-state index in [-0.39, 0.29) is 11.3 Å². The van der Waals surface area contributed by atoms with Gasteiger partial charge in [0.1, 0.15) is 0 Å². The van der Waals surface area contributed by atoms with E-state index in [4.69, 9.17) is 9.47 Å². The molecule has 2 unspecified atom stereocenters. The number of rotatable bonds is 7. The number of carbonyl (C=O) groups is 4. The van der Waals surface area contributed by atoms with Crippen LogP contribution in [0.4, 0.5) is 18.9 Å². The number of esters is 2. The van der Waals surface area contributed by atoms with Crippen molar-refractivity contribution in [3.63, 3.8) is 0 Å². The van der Waals surface area contributed by atoms with E-state index in [1.165, 1.54) is 68.4 Å². The van der Waals surface area contributed by atoms with Crippen LogP contribution in [-0.4, -0.2) is 65.4 Å². The number of hydrogen-bond donors (Lipinski definition) is 2. The van der Waals surface area contributed by atoms with Gasteiger partial charge in [0, 0.05) is 11.3 Å². The lowest BCUT2D eigenvalue weighted by molar-refractivity contribution is -0.282. The number of amides is 2. The highest BCUT2D eigenvalue weighted by Gasteiger charge is 2.85. The average Bonchev–Trinajstić information content (AvgIpc) is 3.10. The highest BCUT2D eigenvalue weighted by atomic mass is 19.4. The summed E-state index contributed by atoms with van der Waals surface area (Å²) < 4.78 is 53.8. The van der Waals surface area contributed by atoms with Crippen molar-refractivity contribution in [2.45, 2.75) is 37.2 Å². The average molecular weight is 508 g/mol. The first-order valence-electron chi connectivity index (χ1n) is 10.9. The van der Waals surface area contributed by atoms with Crippen molar-refractivity contribution in [1.29, 1.82) is 0 Å². The normalized spacial score (nSPS) is 20.8. The number of carbonyl (C=O) groups excluding carboxylic acids is 4. The molecule has 192 valence electrons. The van der Waals surface area contributed by atoms with Crippen molar-refractivity contribution in [1.82, 2.24) is 5.32 Å². The molecule has 2 amide bonds. The number of halogens is 3. The van der Waals surface area contributed by atoms with E-state index in [2.05, 4.69) is 0 Å². The van der Waals surface area contributed by atoms with Crippen molar-refractivity contribution in [2.24, 2.45) is 0 Å². The molecule has 2 aromatic rings. The predicted octanol–water partition coefficient (Wildman–Crippen LogP) is 1.99. The largest absolute Gasteiger partial charge is 0.464 e. The summed E-state index contributed by atoms with van der Waals surface area (Å²) in [5.41, 5.74) is -8.57. The van der Waals surface area contributed by atoms with E-state index in [0.717, 1.165) is 0 Å². The molecule has 0 saturated carbocycles. The topological polar surface area (TPSA) is 122 Å². The fourth-order valence-corrected chi connectivity index (χ4v) is 4.08. The monoisotopic (exact) mass is 508 g/mol. The lowest BCUT2D eigenvalue weighted by Gasteiger charge is -2.42. The van der Waals surface area contributed by atoms with E-state index < -0.39 is 60.3 Å². The molecule has 2 N–H and O–H groups in total. The van der Waals surface area contributed by atoms with E-state index in [1.54, 1.807) is 11.4 Å². The van der Waals surface area contributed by atoms with Crippen molar-refractivity contribution in [2.75, 3.05) is 18.1 Å². The van der Waals surface area contributed by atoms with Crippen molar-refractivity contribution >= 4 is 29.4 Å². The van der Waals surface area contributed by atoms with Gasteiger partial charge >= 0.3 is 18.1 Å². The fraction of sp³-hybridized carbons (Fsp3) is 0.333. The third-order valence-corrected chi connectivity index (χ3v) is 5.65. The maximum absolute atomic E-state index is 14.8. The Morgan fingerprint density at radius 3 is 1.86 bits per heavy atom. The first-order valence-corrected chi connectivity index (χ1v) is 10.9. The van der Waals surface area contributed by atoms with Crippen LogP contribution >= 0.6 is 0 Å². The third-order valence-electron chi connectivity index (χ3n) is 5.65. The van der Waals surface area contributed by atoms with Crippen LogP contribution in [0.25, 0.3) is 0 Å². The molecule has 36 heavy (non-hydrogen) atoms. The lowest BCUT2D eigenvalue weighted by Crippen LogP contribution is -2.77. The Hall–Kier alpha value is -3.93. The zero-order valence-corrected chi connectivity index (χ0v) is 19.2. The first-order chi connectivity index (χ1) is 17.0. The molecule has 3 rings (SSSR count). The maximum atomic E-state index is 14.8. The zero-order valence-electron chi connectivity index (χ0n) is 19.2. The van der Waals surface area contributed by atoms with Gasteiger partial charge in [-0.05, 0) is 38.1 Å². The van der Waals surface area contributed by atoms with Crippen LogP contribution in [0.5, 0.6) is 0 Å². The summed E-state index contributed by atoms with van der Waals surface area (Å²) in [6, 6.07) is 11.0. The standard InChI is InChI=1S/C24H23F3N2O7/c1-3-35-20(32)22(21(33)36-4-2)23(34,24(25,26)27)17(18(30)28-22)29(16-13-9-6-10-14-16)19(31)15-11-7-5-8-12-15/h5-14,17,34H,3-4H2,1-2H3,(H,28,30). The Morgan fingerprint density at radius 1 is 0.944 bits per heavy atom. The number of aliphatic hydroxyl groups is 1. The van der Waals surface area contributed by atoms with Gasteiger partial charge in [0.25, 0.3) is 11.4 Å². The highest BCUT2D eigenvalue weighted by Crippen LogP contribution is 2.49. The molecule has 2 aromatic carbocycles. The lowest BCUT2D eigenvalue weighted by atomic mass is 9.76. The van der Waals surface area contributed by atoms with E-state index in [0.29, 0.717) is 4.90 Å². The minimum absolute atomic E-state index is 0.122. The summed E-state index contributed by atoms with van der Waals surface area (Å²) in [6.07, 6.45) is -5.82. The summed E-state index contributed by atoms with van der Waals surface area (Å²) in [7, 11) is 0. The molecule has 0 spiro atoms. The molecule has 0 aromatic heterocycles. The van der Waals surface area contributed by atoms with Crippen molar-refractivity contribution in [3.8, 4) is 0 Å². The highest BCUT2D eigenvalue weighted by molar-refractivity contribution is 6.18. The molecular formula is C24H23F3N2O7. The Morgan fingerprint density at radius 2 is 1.42 bits per heavy atom. The molecule has 12 heteroatoms. The number of hydrogen-bond acceptors (Lipinski definition) is 7. The Kier molecular flexibility index (Phi) is 7.39. The number of para-hydroxylation sites is 1. The van der Waals surface area contributed by atoms with Gasteiger partial charge < -0.3 is 19.9 Å². The molecule has 0 bridgehead atoms. The van der Waals surface area contributed by atoms with Crippen LogP contribution in [0.3, 0.4) is 0 Å². The zero-order chi connectivity index (χ0) is 26.7. The van der Waals surface area contributed by atoms with Gasteiger partial charge in [0.15, 0.2) is 6.04 Å². The summed E-state index contributed by atoms with van der Waals surface area (Å²) in [5.74, 6) is -6.50. The summed E-state index contributed by atoms with van der Waals surface area (Å²) >= 11 is 0. The second kappa shape index (κ2) is 9.97. The van der Waals surface area contributed by atoms with E-state index >= 15 is 0 Å². The smallest absolute Gasteiger partial charge is 0.423 e. The second-order valence-corrected chi connectivity index (χ2v) is 7.72. The second-order valence-electron chi connectivity index (χ2n) is 7.72. The van der Waals surface area contributed by atoms with Crippen molar-refractivity contribution < 1.29 is 46.9 Å². The molecule has 1 fully saturated rings. The molecule has 9 nitrogen and oxygen atoms in total. The molecule has 1 aliphatic heterocycles.